The number of nitrogens with zero attached hydrogens (tertiary/aromatic N) is 4. The second-order valence-corrected chi connectivity index (χ2v) is 5.20. The Labute approximate surface area is 112 Å². The van der Waals surface area contributed by atoms with Crippen LogP contribution in [0.4, 0.5) is 5.69 Å². The summed E-state index contributed by atoms with van der Waals surface area (Å²) < 4.78 is 6.98. The highest BCUT2D eigenvalue weighted by molar-refractivity contribution is 5.74. The highest BCUT2D eigenvalue weighted by atomic mass is 16.5. The molecule has 0 unspecified atom stereocenters. The molecular formula is C13H19N5O. The van der Waals surface area contributed by atoms with Crippen molar-refractivity contribution in [2.45, 2.75) is 26.3 Å². The summed E-state index contributed by atoms with van der Waals surface area (Å²) in [6.45, 7) is 6.51. The zero-order chi connectivity index (χ0) is 14.0. The summed E-state index contributed by atoms with van der Waals surface area (Å²) >= 11 is 0. The molecule has 19 heavy (non-hydrogen) atoms. The van der Waals surface area contributed by atoms with E-state index >= 15 is 0 Å². The van der Waals surface area contributed by atoms with Gasteiger partial charge in [-0.05, 0) is 42.8 Å². The SMILES string of the molecule is COCC(C)(C)n1nnnc1-c1cccc(C)c1N. The van der Waals surface area contributed by atoms with Crippen molar-refractivity contribution in [3.8, 4) is 11.4 Å². The van der Waals surface area contributed by atoms with Crippen molar-refractivity contribution in [1.82, 2.24) is 20.2 Å². The van der Waals surface area contributed by atoms with Crippen molar-refractivity contribution in [3.63, 3.8) is 0 Å². The quantitative estimate of drug-likeness (QED) is 0.846. The number of methoxy groups -OCH3 is 1. The third kappa shape index (κ3) is 2.44. The highest BCUT2D eigenvalue weighted by Crippen LogP contribution is 2.29. The lowest BCUT2D eigenvalue weighted by Crippen LogP contribution is -2.33. The van der Waals surface area contributed by atoms with E-state index in [2.05, 4.69) is 15.5 Å². The van der Waals surface area contributed by atoms with E-state index < -0.39 is 0 Å². The molecule has 0 bridgehead atoms. The fourth-order valence-corrected chi connectivity index (χ4v) is 2.05. The van der Waals surface area contributed by atoms with E-state index in [0.717, 1.165) is 11.1 Å². The maximum absolute atomic E-state index is 6.12. The Kier molecular flexibility index (Phi) is 3.53. The molecule has 0 atom stereocenters. The lowest BCUT2D eigenvalue weighted by molar-refractivity contribution is 0.101. The number of aromatic nitrogens is 4. The number of tetrazole rings is 1. The third-order valence-corrected chi connectivity index (χ3v) is 3.11. The number of benzene rings is 1. The maximum Gasteiger partial charge on any atom is 0.184 e. The molecule has 1 aromatic heterocycles. The summed E-state index contributed by atoms with van der Waals surface area (Å²) in [5.74, 6) is 0.656. The zero-order valence-corrected chi connectivity index (χ0v) is 11.7. The number of aryl methyl sites for hydroxylation is 1. The van der Waals surface area contributed by atoms with Gasteiger partial charge in [-0.25, -0.2) is 4.68 Å². The number of hydrogen-bond acceptors (Lipinski definition) is 5. The van der Waals surface area contributed by atoms with E-state index in [0.29, 0.717) is 18.1 Å². The van der Waals surface area contributed by atoms with E-state index in [1.165, 1.54) is 0 Å². The minimum atomic E-state index is -0.343. The van der Waals surface area contributed by atoms with Gasteiger partial charge >= 0.3 is 0 Å². The Bertz CT molecular complexity index is 576. The minimum absolute atomic E-state index is 0.343. The molecule has 2 rings (SSSR count). The monoisotopic (exact) mass is 261 g/mol. The molecule has 6 nitrogen and oxygen atoms in total. The van der Waals surface area contributed by atoms with Crippen LogP contribution < -0.4 is 5.73 Å². The molecule has 0 spiro atoms. The number of anilines is 1. The number of nitrogen functional groups attached to an aromatic ring is 1. The molecule has 0 saturated heterocycles. The molecule has 0 saturated carbocycles. The van der Waals surface area contributed by atoms with Crippen molar-refractivity contribution in [2.75, 3.05) is 19.5 Å². The lowest BCUT2D eigenvalue weighted by Gasteiger charge is -2.25. The molecule has 0 radical (unpaired) electrons. The molecule has 2 aromatic rings. The molecule has 0 fully saturated rings. The summed E-state index contributed by atoms with van der Waals surface area (Å²) in [6.07, 6.45) is 0. The summed E-state index contributed by atoms with van der Waals surface area (Å²) in [4.78, 5) is 0. The Morgan fingerprint density at radius 3 is 2.79 bits per heavy atom. The van der Waals surface area contributed by atoms with Crippen LogP contribution in [-0.2, 0) is 10.3 Å². The first kappa shape index (κ1) is 13.5. The molecule has 0 amide bonds. The second-order valence-electron chi connectivity index (χ2n) is 5.20. The van der Waals surface area contributed by atoms with Gasteiger partial charge in [-0.2, -0.15) is 0 Å². The number of ether oxygens (including phenoxy) is 1. The number of nitrogens with two attached hydrogens (primary N) is 1. The van der Waals surface area contributed by atoms with Gasteiger partial charge in [0.1, 0.15) is 0 Å². The van der Waals surface area contributed by atoms with Gasteiger partial charge in [0.05, 0.1) is 12.1 Å². The van der Waals surface area contributed by atoms with Crippen LogP contribution >= 0.6 is 0 Å². The van der Waals surface area contributed by atoms with Gasteiger partial charge in [-0.1, -0.05) is 12.1 Å². The predicted molar refractivity (Wildman–Crippen MR) is 73.6 cm³/mol. The molecule has 2 N–H and O–H groups in total. The van der Waals surface area contributed by atoms with Gasteiger partial charge in [0.2, 0.25) is 0 Å². The van der Waals surface area contributed by atoms with Crippen LogP contribution in [0.15, 0.2) is 18.2 Å². The highest BCUT2D eigenvalue weighted by Gasteiger charge is 2.26. The Morgan fingerprint density at radius 1 is 1.37 bits per heavy atom. The van der Waals surface area contributed by atoms with E-state index in [1.807, 2.05) is 39.0 Å². The van der Waals surface area contributed by atoms with E-state index in [1.54, 1.807) is 11.8 Å². The maximum atomic E-state index is 6.12. The molecule has 1 aromatic carbocycles. The molecular weight excluding hydrogens is 242 g/mol. The summed E-state index contributed by atoms with van der Waals surface area (Å²) in [5.41, 5.74) is 8.33. The fraction of sp³-hybridized carbons (Fsp3) is 0.462. The largest absolute Gasteiger partial charge is 0.398 e. The number of hydrogen-bond donors (Lipinski definition) is 1. The average molecular weight is 261 g/mol. The Hall–Kier alpha value is -1.95. The molecule has 6 heteroatoms. The fourth-order valence-electron chi connectivity index (χ4n) is 2.05. The van der Waals surface area contributed by atoms with E-state index in [-0.39, 0.29) is 5.54 Å². The molecule has 102 valence electrons. The van der Waals surface area contributed by atoms with Gasteiger partial charge in [0, 0.05) is 18.4 Å². The summed E-state index contributed by atoms with van der Waals surface area (Å²) in [6, 6.07) is 5.84. The van der Waals surface area contributed by atoms with E-state index in [9.17, 15) is 0 Å². The van der Waals surface area contributed by atoms with E-state index in [4.69, 9.17) is 10.5 Å². The normalized spacial score (nSPS) is 11.8. The van der Waals surface area contributed by atoms with Crippen LogP contribution in [-0.4, -0.2) is 33.9 Å². The first-order valence-electron chi connectivity index (χ1n) is 6.10. The van der Waals surface area contributed by atoms with Crippen LogP contribution in [0.3, 0.4) is 0 Å². The molecule has 0 aliphatic rings. The van der Waals surface area contributed by atoms with Gasteiger partial charge in [-0.3, -0.25) is 0 Å². The molecule has 0 aliphatic heterocycles. The van der Waals surface area contributed by atoms with Crippen LogP contribution in [0.25, 0.3) is 11.4 Å². The van der Waals surface area contributed by atoms with Crippen molar-refractivity contribution < 1.29 is 4.74 Å². The molecule has 1 heterocycles. The van der Waals surface area contributed by atoms with Gasteiger partial charge in [-0.15, -0.1) is 5.10 Å². The van der Waals surface area contributed by atoms with Crippen molar-refractivity contribution >= 4 is 5.69 Å². The average Bonchev–Trinajstić information content (AvgIpc) is 2.82. The topological polar surface area (TPSA) is 78.8 Å². The third-order valence-electron chi connectivity index (χ3n) is 3.11. The summed E-state index contributed by atoms with van der Waals surface area (Å²) in [5, 5.41) is 11.9. The van der Waals surface area contributed by atoms with Crippen molar-refractivity contribution in [2.24, 2.45) is 0 Å². The second kappa shape index (κ2) is 4.97. The summed E-state index contributed by atoms with van der Waals surface area (Å²) in [7, 11) is 1.66. The van der Waals surface area contributed by atoms with Crippen LogP contribution in [0, 0.1) is 6.92 Å². The first-order chi connectivity index (χ1) is 8.97. The standard InChI is InChI=1S/C13H19N5O/c1-9-6-5-7-10(11(9)14)12-15-16-17-18(12)13(2,3)8-19-4/h5-7H,8,14H2,1-4H3. The van der Waals surface area contributed by atoms with Crippen LogP contribution in [0.1, 0.15) is 19.4 Å². The van der Waals surface area contributed by atoms with Gasteiger partial charge < -0.3 is 10.5 Å². The number of para-hydroxylation sites is 1. The van der Waals surface area contributed by atoms with Crippen LogP contribution in [0.5, 0.6) is 0 Å². The number of rotatable bonds is 4. The minimum Gasteiger partial charge on any atom is -0.398 e. The Morgan fingerprint density at radius 2 is 2.11 bits per heavy atom. The van der Waals surface area contributed by atoms with Crippen molar-refractivity contribution in [3.05, 3.63) is 23.8 Å². The van der Waals surface area contributed by atoms with Crippen LogP contribution in [0.2, 0.25) is 0 Å². The zero-order valence-electron chi connectivity index (χ0n) is 11.7. The Balaban J connectivity index is 2.53. The smallest absolute Gasteiger partial charge is 0.184 e. The van der Waals surface area contributed by atoms with Crippen molar-refractivity contribution in [1.29, 1.82) is 0 Å². The first-order valence-corrected chi connectivity index (χ1v) is 6.10. The predicted octanol–water partition coefficient (Wildman–Crippen LogP) is 1.61. The van der Waals surface area contributed by atoms with Gasteiger partial charge in [0.15, 0.2) is 5.82 Å². The lowest BCUT2D eigenvalue weighted by atomic mass is 10.0. The molecule has 0 aliphatic carbocycles. The van der Waals surface area contributed by atoms with Gasteiger partial charge in [0.25, 0.3) is 0 Å².